The molecule has 4 aromatic carbocycles. The monoisotopic (exact) mass is 395 g/mol. The first-order chi connectivity index (χ1) is 14.7. The Hall–Kier alpha value is -3.18. The molecule has 0 bridgehead atoms. The van der Waals surface area contributed by atoms with E-state index in [1.165, 1.54) is 43.1 Å². The quantitative estimate of drug-likeness (QED) is 0.228. The Morgan fingerprint density at radius 3 is 2.27 bits per heavy atom. The van der Waals surface area contributed by atoms with E-state index in [1.807, 2.05) is 24.3 Å². The molecular formula is C28H26FN. The number of benzene rings is 4. The third-order valence-corrected chi connectivity index (χ3v) is 5.91. The lowest BCUT2D eigenvalue weighted by atomic mass is 9.95. The minimum Gasteiger partial charge on any atom is -0.206 e. The molecule has 0 radical (unpaired) electrons. The van der Waals surface area contributed by atoms with Gasteiger partial charge >= 0.3 is 0 Å². The first-order valence-electron chi connectivity index (χ1n) is 10.9. The van der Waals surface area contributed by atoms with Gasteiger partial charge in [0.2, 0.25) is 0 Å². The van der Waals surface area contributed by atoms with Crippen LogP contribution in [0.3, 0.4) is 0 Å². The number of nitrogens with zero attached hydrogens (tertiary/aromatic N) is 1. The van der Waals surface area contributed by atoms with Gasteiger partial charge in [-0.05, 0) is 52.3 Å². The fraction of sp³-hybridized carbons (Fsp3) is 0.250. The van der Waals surface area contributed by atoms with Crippen LogP contribution in [0.1, 0.15) is 50.2 Å². The van der Waals surface area contributed by atoms with Crippen molar-refractivity contribution in [3.05, 3.63) is 83.7 Å². The van der Waals surface area contributed by atoms with Crippen LogP contribution in [0.15, 0.2) is 66.7 Å². The Kier molecular flexibility index (Phi) is 6.10. The first-order valence-corrected chi connectivity index (χ1v) is 10.9. The van der Waals surface area contributed by atoms with Crippen molar-refractivity contribution < 1.29 is 4.39 Å². The summed E-state index contributed by atoms with van der Waals surface area (Å²) in [6, 6.07) is 23.5. The highest BCUT2D eigenvalue weighted by Crippen LogP contribution is 2.33. The second-order valence-corrected chi connectivity index (χ2v) is 8.00. The molecule has 0 aliphatic carbocycles. The zero-order valence-electron chi connectivity index (χ0n) is 17.4. The van der Waals surface area contributed by atoms with Gasteiger partial charge in [-0.15, -0.1) is 0 Å². The molecule has 2 heteroatoms. The molecule has 0 saturated carbocycles. The summed E-state index contributed by atoms with van der Waals surface area (Å²) in [7, 11) is 0. The average molecular weight is 396 g/mol. The second-order valence-electron chi connectivity index (χ2n) is 8.00. The van der Waals surface area contributed by atoms with Crippen molar-refractivity contribution in [2.75, 3.05) is 0 Å². The molecule has 0 aliphatic heterocycles. The SMILES string of the molecule is CCCCCCCc1ccc2c(ccc3c(F)c(-c4ccc(C#N)cc4)ccc32)c1. The van der Waals surface area contributed by atoms with E-state index < -0.39 is 0 Å². The topological polar surface area (TPSA) is 23.8 Å². The smallest absolute Gasteiger partial charge is 0.138 e. The van der Waals surface area contributed by atoms with Crippen LogP contribution in [0, 0.1) is 17.1 Å². The van der Waals surface area contributed by atoms with Gasteiger partial charge in [0, 0.05) is 10.9 Å². The fourth-order valence-corrected chi connectivity index (χ4v) is 4.19. The maximum Gasteiger partial charge on any atom is 0.138 e. The molecule has 0 unspecified atom stereocenters. The molecule has 0 aromatic heterocycles. The number of aryl methyl sites for hydroxylation is 1. The molecule has 0 atom stereocenters. The molecule has 1 nitrogen and oxygen atoms in total. The highest BCUT2D eigenvalue weighted by Gasteiger charge is 2.12. The van der Waals surface area contributed by atoms with Crippen LogP contribution in [0.5, 0.6) is 0 Å². The number of hydrogen-bond donors (Lipinski definition) is 0. The average Bonchev–Trinajstić information content (AvgIpc) is 2.79. The van der Waals surface area contributed by atoms with E-state index in [4.69, 9.17) is 5.26 Å². The van der Waals surface area contributed by atoms with Crippen molar-refractivity contribution in [3.8, 4) is 17.2 Å². The summed E-state index contributed by atoms with van der Waals surface area (Å²) < 4.78 is 15.3. The molecule has 0 spiro atoms. The second kappa shape index (κ2) is 9.09. The molecule has 4 aromatic rings. The third kappa shape index (κ3) is 4.07. The summed E-state index contributed by atoms with van der Waals surface area (Å²) in [5, 5.41) is 12.8. The van der Waals surface area contributed by atoms with Crippen molar-refractivity contribution in [1.29, 1.82) is 5.26 Å². The summed E-state index contributed by atoms with van der Waals surface area (Å²) >= 11 is 0. The summed E-state index contributed by atoms with van der Waals surface area (Å²) in [6.45, 7) is 2.24. The van der Waals surface area contributed by atoms with Gasteiger partial charge in [0.25, 0.3) is 0 Å². The first kappa shape index (κ1) is 20.1. The summed E-state index contributed by atoms with van der Waals surface area (Å²) in [4.78, 5) is 0. The molecule has 4 rings (SSSR count). The predicted octanol–water partition coefficient (Wildman–Crippen LogP) is 8.18. The summed E-state index contributed by atoms with van der Waals surface area (Å²) in [5.41, 5.74) is 3.28. The van der Waals surface area contributed by atoms with Crippen molar-refractivity contribution in [2.45, 2.75) is 45.4 Å². The van der Waals surface area contributed by atoms with Crippen LogP contribution < -0.4 is 0 Å². The predicted molar refractivity (Wildman–Crippen MR) is 124 cm³/mol. The van der Waals surface area contributed by atoms with Crippen molar-refractivity contribution in [1.82, 2.24) is 0 Å². The Morgan fingerprint density at radius 2 is 1.50 bits per heavy atom. The lowest BCUT2D eigenvalue weighted by molar-refractivity contribution is 0.632. The molecule has 0 amide bonds. The minimum absolute atomic E-state index is 0.209. The van der Waals surface area contributed by atoms with E-state index in [0.717, 1.165) is 22.8 Å². The number of unbranched alkanes of at least 4 members (excludes halogenated alkanes) is 4. The van der Waals surface area contributed by atoms with Crippen LogP contribution in [0.2, 0.25) is 0 Å². The molecule has 0 aliphatic rings. The van der Waals surface area contributed by atoms with Crippen LogP contribution in [-0.4, -0.2) is 0 Å². The third-order valence-electron chi connectivity index (χ3n) is 5.91. The van der Waals surface area contributed by atoms with Gasteiger partial charge in [-0.25, -0.2) is 4.39 Å². The maximum atomic E-state index is 15.3. The summed E-state index contributed by atoms with van der Waals surface area (Å²) in [6.07, 6.45) is 7.51. The normalized spacial score (nSPS) is 11.1. The maximum absolute atomic E-state index is 15.3. The molecule has 150 valence electrons. The highest BCUT2D eigenvalue weighted by molar-refractivity contribution is 6.08. The van der Waals surface area contributed by atoms with Gasteiger partial charge in [0.05, 0.1) is 11.6 Å². The van der Waals surface area contributed by atoms with E-state index in [2.05, 4.69) is 31.2 Å². The standard InChI is InChI=1S/C28H26FN/c1-2-3-4-5-6-7-20-10-14-24-23(18-20)13-15-27-26(24)17-16-25(28(27)29)22-11-8-21(19-30)9-12-22/h8-18H,2-7H2,1H3. The number of hydrogen-bond acceptors (Lipinski definition) is 1. The zero-order chi connectivity index (χ0) is 20.9. The number of nitriles is 1. The van der Waals surface area contributed by atoms with Crippen LogP contribution in [-0.2, 0) is 6.42 Å². The minimum atomic E-state index is -0.209. The molecule has 0 heterocycles. The summed E-state index contributed by atoms with van der Waals surface area (Å²) in [5.74, 6) is -0.209. The largest absolute Gasteiger partial charge is 0.206 e. The lowest BCUT2D eigenvalue weighted by Crippen LogP contribution is -1.90. The Labute approximate surface area is 177 Å². The Balaban J connectivity index is 1.65. The zero-order valence-corrected chi connectivity index (χ0v) is 17.4. The molecular weight excluding hydrogens is 369 g/mol. The van der Waals surface area contributed by atoms with Gasteiger partial charge in [-0.1, -0.05) is 87.2 Å². The molecule has 30 heavy (non-hydrogen) atoms. The number of fused-ring (bicyclic) bond motifs is 3. The van der Waals surface area contributed by atoms with E-state index in [-0.39, 0.29) is 5.82 Å². The van der Waals surface area contributed by atoms with E-state index in [9.17, 15) is 0 Å². The van der Waals surface area contributed by atoms with Gasteiger partial charge in [0.1, 0.15) is 5.82 Å². The van der Waals surface area contributed by atoms with Crippen LogP contribution in [0.25, 0.3) is 32.7 Å². The van der Waals surface area contributed by atoms with Gasteiger partial charge in [0.15, 0.2) is 0 Å². The molecule has 0 N–H and O–H groups in total. The van der Waals surface area contributed by atoms with Crippen molar-refractivity contribution >= 4 is 21.5 Å². The van der Waals surface area contributed by atoms with Gasteiger partial charge in [-0.2, -0.15) is 5.26 Å². The Bertz CT molecular complexity index is 1220. The van der Waals surface area contributed by atoms with Crippen molar-refractivity contribution in [2.24, 2.45) is 0 Å². The van der Waals surface area contributed by atoms with Gasteiger partial charge < -0.3 is 0 Å². The Morgan fingerprint density at radius 1 is 0.767 bits per heavy atom. The number of rotatable bonds is 7. The van der Waals surface area contributed by atoms with E-state index in [0.29, 0.717) is 16.5 Å². The molecule has 0 saturated heterocycles. The van der Waals surface area contributed by atoms with Crippen LogP contribution >= 0.6 is 0 Å². The van der Waals surface area contributed by atoms with Gasteiger partial charge in [-0.3, -0.25) is 0 Å². The van der Waals surface area contributed by atoms with E-state index in [1.54, 1.807) is 24.3 Å². The fourth-order valence-electron chi connectivity index (χ4n) is 4.19. The molecule has 0 fully saturated rings. The van der Waals surface area contributed by atoms with Crippen LogP contribution in [0.4, 0.5) is 4.39 Å². The van der Waals surface area contributed by atoms with Crippen molar-refractivity contribution in [3.63, 3.8) is 0 Å². The van der Waals surface area contributed by atoms with E-state index >= 15 is 4.39 Å². The number of halogens is 1. The highest BCUT2D eigenvalue weighted by atomic mass is 19.1. The lowest BCUT2D eigenvalue weighted by Gasteiger charge is -2.11.